The maximum Gasteiger partial charge on any atom is 0.335 e. The fraction of sp³-hybridized carbons (Fsp3) is 0.261. The van der Waals surface area contributed by atoms with Crippen molar-refractivity contribution in [1.82, 2.24) is 0 Å². The third kappa shape index (κ3) is 3.43. The van der Waals surface area contributed by atoms with E-state index in [-0.39, 0.29) is 23.3 Å². The number of carboxylic acids is 1. The summed E-state index contributed by atoms with van der Waals surface area (Å²) < 4.78 is 10.8. The third-order valence-electron chi connectivity index (χ3n) is 5.53. The molecule has 2 atom stereocenters. The number of nitrogens with zero attached hydrogens (tertiary/aromatic N) is 2. The molecule has 1 aliphatic carbocycles. The van der Waals surface area contributed by atoms with Crippen LogP contribution in [0.15, 0.2) is 59.7 Å². The van der Waals surface area contributed by atoms with E-state index in [1.165, 1.54) is 17.1 Å². The van der Waals surface area contributed by atoms with Gasteiger partial charge in [-0.2, -0.15) is 5.10 Å². The van der Waals surface area contributed by atoms with Gasteiger partial charge >= 0.3 is 5.97 Å². The van der Waals surface area contributed by atoms with Gasteiger partial charge < -0.3 is 14.6 Å². The number of allylic oxidation sites excluding steroid dienone is 2. The normalized spacial score (nSPS) is 20.4. The van der Waals surface area contributed by atoms with E-state index < -0.39 is 5.97 Å². The Morgan fingerprint density at radius 2 is 1.77 bits per heavy atom. The van der Waals surface area contributed by atoms with E-state index in [1.807, 2.05) is 24.3 Å². The molecule has 2 aromatic rings. The largest absolute Gasteiger partial charge is 0.493 e. The molecule has 2 aliphatic rings. The fourth-order valence-electron chi connectivity index (χ4n) is 4.00. The number of carbonyl (C=O) groups is 2. The number of anilines is 1. The first kappa shape index (κ1) is 19.7. The van der Waals surface area contributed by atoms with Crippen LogP contribution in [0.4, 0.5) is 5.69 Å². The van der Waals surface area contributed by atoms with Gasteiger partial charge in [-0.05, 0) is 49.2 Å². The summed E-state index contributed by atoms with van der Waals surface area (Å²) in [5.74, 6) is -0.305. The van der Waals surface area contributed by atoms with E-state index in [0.717, 1.165) is 11.3 Å². The van der Waals surface area contributed by atoms with Gasteiger partial charge in [-0.15, -0.1) is 0 Å². The zero-order valence-corrected chi connectivity index (χ0v) is 16.7. The van der Waals surface area contributed by atoms with Crippen LogP contribution >= 0.6 is 0 Å². The molecule has 1 heterocycles. The van der Waals surface area contributed by atoms with Crippen molar-refractivity contribution in [3.05, 3.63) is 65.7 Å². The number of hydrogen-bond donors (Lipinski definition) is 1. The van der Waals surface area contributed by atoms with Crippen LogP contribution in [-0.2, 0) is 4.79 Å². The summed E-state index contributed by atoms with van der Waals surface area (Å²) in [6.07, 6.45) is 5.42. The minimum atomic E-state index is -1.05. The van der Waals surface area contributed by atoms with E-state index in [1.54, 1.807) is 26.4 Å². The van der Waals surface area contributed by atoms with Crippen LogP contribution < -0.4 is 14.5 Å². The molecular weight excluding hydrogens is 384 g/mol. The van der Waals surface area contributed by atoms with Crippen LogP contribution in [0.1, 0.15) is 28.8 Å². The van der Waals surface area contributed by atoms with Crippen molar-refractivity contribution in [3.8, 4) is 11.5 Å². The average molecular weight is 406 g/mol. The first-order valence-corrected chi connectivity index (χ1v) is 9.66. The second-order valence-corrected chi connectivity index (χ2v) is 7.22. The van der Waals surface area contributed by atoms with E-state index in [9.17, 15) is 14.7 Å². The van der Waals surface area contributed by atoms with Gasteiger partial charge in [-0.25, -0.2) is 9.80 Å². The summed E-state index contributed by atoms with van der Waals surface area (Å²) in [4.78, 5) is 24.6. The van der Waals surface area contributed by atoms with Crippen molar-refractivity contribution in [2.24, 2.45) is 16.9 Å². The first-order valence-electron chi connectivity index (χ1n) is 9.66. The van der Waals surface area contributed by atoms with Gasteiger partial charge in [-0.1, -0.05) is 18.2 Å². The summed E-state index contributed by atoms with van der Waals surface area (Å²) >= 11 is 0. The van der Waals surface area contributed by atoms with Crippen LogP contribution in [0.3, 0.4) is 0 Å². The molecule has 0 saturated heterocycles. The van der Waals surface area contributed by atoms with Gasteiger partial charge in [0.15, 0.2) is 11.5 Å². The summed E-state index contributed by atoms with van der Waals surface area (Å²) in [7, 11) is 3.15. The van der Waals surface area contributed by atoms with Gasteiger partial charge in [0.25, 0.3) is 5.91 Å². The number of aromatic carboxylic acids is 1. The van der Waals surface area contributed by atoms with E-state index >= 15 is 0 Å². The zero-order valence-electron chi connectivity index (χ0n) is 16.7. The molecule has 0 spiro atoms. The number of hydrogen-bond acceptors (Lipinski definition) is 5. The van der Waals surface area contributed by atoms with Gasteiger partial charge in [0.1, 0.15) is 0 Å². The Kier molecular flexibility index (Phi) is 5.27. The summed E-state index contributed by atoms with van der Waals surface area (Å²) in [5, 5.41) is 15.4. The molecule has 30 heavy (non-hydrogen) atoms. The molecule has 0 radical (unpaired) electrons. The number of amides is 1. The minimum absolute atomic E-state index is 0.0560. The van der Waals surface area contributed by atoms with Crippen LogP contribution in [0, 0.1) is 11.8 Å². The number of carbonyl (C=O) groups excluding carboxylic acids is 1. The van der Waals surface area contributed by atoms with Gasteiger partial charge in [0.05, 0.1) is 37.1 Å². The number of hydrazone groups is 1. The van der Waals surface area contributed by atoms with Crippen LogP contribution in [0.2, 0.25) is 0 Å². The van der Waals surface area contributed by atoms with Crippen molar-refractivity contribution in [3.63, 3.8) is 0 Å². The Bertz CT molecular complexity index is 1060. The molecule has 1 N–H and O–H groups in total. The molecule has 0 aromatic heterocycles. The lowest BCUT2D eigenvalue weighted by atomic mass is 9.76. The van der Waals surface area contributed by atoms with E-state index in [0.29, 0.717) is 30.0 Å². The highest BCUT2D eigenvalue weighted by Gasteiger charge is 2.40. The van der Waals surface area contributed by atoms with Crippen molar-refractivity contribution in [2.45, 2.75) is 12.8 Å². The van der Waals surface area contributed by atoms with Gasteiger partial charge in [0.2, 0.25) is 0 Å². The summed E-state index contributed by atoms with van der Waals surface area (Å²) in [6.45, 7) is 0. The Balaban J connectivity index is 1.83. The van der Waals surface area contributed by atoms with Gasteiger partial charge in [-0.3, -0.25) is 4.79 Å². The number of ether oxygens (including phenoxy) is 2. The Morgan fingerprint density at radius 3 is 2.47 bits per heavy atom. The number of fused-ring (bicyclic) bond motifs is 1. The van der Waals surface area contributed by atoms with E-state index in [4.69, 9.17) is 14.6 Å². The number of rotatable bonds is 5. The molecule has 1 amide bonds. The zero-order chi connectivity index (χ0) is 21.3. The molecule has 7 heteroatoms. The Morgan fingerprint density at radius 1 is 1.03 bits per heavy atom. The molecular formula is C23H22N2O5. The Hall–Kier alpha value is -3.61. The molecule has 0 unspecified atom stereocenters. The highest BCUT2D eigenvalue weighted by atomic mass is 16.5. The van der Waals surface area contributed by atoms with Crippen LogP contribution in [-0.4, -0.2) is 36.9 Å². The van der Waals surface area contributed by atoms with Crippen molar-refractivity contribution >= 4 is 23.3 Å². The lowest BCUT2D eigenvalue weighted by Gasteiger charge is -2.37. The lowest BCUT2D eigenvalue weighted by Crippen LogP contribution is -2.45. The van der Waals surface area contributed by atoms with Crippen molar-refractivity contribution < 1.29 is 24.2 Å². The molecule has 2 aromatic carbocycles. The monoisotopic (exact) mass is 406 g/mol. The molecule has 4 rings (SSSR count). The predicted octanol–water partition coefficient (Wildman–Crippen LogP) is 3.74. The molecule has 1 aliphatic heterocycles. The second kappa shape index (κ2) is 8.02. The number of methoxy groups -OCH3 is 2. The molecule has 7 nitrogen and oxygen atoms in total. The molecule has 0 bridgehead atoms. The highest BCUT2D eigenvalue weighted by molar-refractivity contribution is 6.11. The highest BCUT2D eigenvalue weighted by Crippen LogP contribution is 2.38. The maximum atomic E-state index is 13.2. The van der Waals surface area contributed by atoms with E-state index in [2.05, 4.69) is 6.08 Å². The first-order chi connectivity index (χ1) is 14.5. The van der Waals surface area contributed by atoms with Crippen LogP contribution in [0.5, 0.6) is 11.5 Å². The van der Waals surface area contributed by atoms with Crippen molar-refractivity contribution in [1.29, 1.82) is 0 Å². The van der Waals surface area contributed by atoms with Crippen LogP contribution in [0.25, 0.3) is 0 Å². The summed E-state index contributed by atoms with van der Waals surface area (Å²) in [6, 6.07) is 11.8. The molecule has 154 valence electrons. The SMILES string of the molecule is COc1ccc(C2=NN(c3cccc(C(=O)O)c3)C(=O)[C@H]3CC=CC[C@@H]23)cc1OC. The maximum absolute atomic E-state index is 13.2. The average Bonchev–Trinajstić information content (AvgIpc) is 2.79. The predicted molar refractivity (Wildman–Crippen MR) is 112 cm³/mol. The Labute approximate surface area is 174 Å². The quantitative estimate of drug-likeness (QED) is 0.765. The number of benzene rings is 2. The lowest BCUT2D eigenvalue weighted by molar-refractivity contribution is -0.123. The van der Waals surface area contributed by atoms with Crippen molar-refractivity contribution in [2.75, 3.05) is 19.2 Å². The summed E-state index contributed by atoms with van der Waals surface area (Å²) in [5.41, 5.74) is 2.15. The topological polar surface area (TPSA) is 88.4 Å². The third-order valence-corrected chi connectivity index (χ3v) is 5.53. The smallest absolute Gasteiger partial charge is 0.335 e. The molecule has 0 fully saturated rings. The number of carboxylic acid groups (broad SMARTS) is 1. The minimum Gasteiger partial charge on any atom is -0.493 e. The van der Waals surface area contributed by atoms with Gasteiger partial charge in [0, 0.05) is 11.5 Å². The fourth-order valence-corrected chi connectivity index (χ4v) is 4.00. The molecule has 0 saturated carbocycles. The standard InChI is InChI=1S/C23H22N2O5/c1-29-19-11-10-14(13-20(19)30-2)21-17-8-3-4-9-18(17)22(26)25(24-21)16-7-5-6-15(12-16)23(27)28/h3-7,10-13,17-18H,8-9H2,1-2H3,(H,27,28)/t17-,18+/m1/s1. The second-order valence-electron chi connectivity index (χ2n) is 7.22.